The molecule has 1 saturated carbocycles. The summed E-state index contributed by atoms with van der Waals surface area (Å²) in [6.07, 6.45) is 2.59. The van der Waals surface area contributed by atoms with Crippen molar-refractivity contribution < 1.29 is 9.53 Å². The highest BCUT2D eigenvalue weighted by molar-refractivity contribution is 5.85. The molecule has 1 rings (SSSR count). The summed E-state index contributed by atoms with van der Waals surface area (Å²) in [6, 6.07) is 0.741. The van der Waals surface area contributed by atoms with Crippen LogP contribution in [0.3, 0.4) is 0 Å². The fraction of sp³-hybridized carbons (Fsp3) is 0.917. The van der Waals surface area contributed by atoms with E-state index in [1.807, 2.05) is 7.05 Å². The third-order valence-electron chi connectivity index (χ3n) is 4.12. The number of nitrogens with one attached hydrogen (secondary N) is 1. The van der Waals surface area contributed by atoms with E-state index < -0.39 is 5.54 Å². The second kappa shape index (κ2) is 5.80. The number of carbonyl (C=O) groups is 1. The fourth-order valence-electron chi connectivity index (χ4n) is 2.66. The lowest BCUT2D eigenvalue weighted by atomic mass is 9.96. The van der Waals surface area contributed by atoms with Crippen LogP contribution in [0.5, 0.6) is 0 Å². The lowest BCUT2D eigenvalue weighted by molar-refractivity contribution is -0.124. The average Bonchev–Trinajstić information content (AvgIpc) is 2.74. The van der Waals surface area contributed by atoms with Gasteiger partial charge in [0.25, 0.3) is 0 Å². The molecule has 100 valence electrons. The van der Waals surface area contributed by atoms with Gasteiger partial charge in [0.15, 0.2) is 0 Å². The number of carbonyl (C=O) groups excluding carboxylic acids is 1. The largest absolute Gasteiger partial charge is 0.383 e. The van der Waals surface area contributed by atoms with Gasteiger partial charge in [0.1, 0.15) is 0 Å². The molecule has 5 heteroatoms. The molecule has 0 heterocycles. The van der Waals surface area contributed by atoms with Crippen LogP contribution in [0.2, 0.25) is 0 Å². The van der Waals surface area contributed by atoms with E-state index in [1.165, 1.54) is 0 Å². The first-order chi connectivity index (χ1) is 7.96. The zero-order valence-corrected chi connectivity index (χ0v) is 11.3. The van der Waals surface area contributed by atoms with Gasteiger partial charge in [-0.05, 0) is 40.3 Å². The summed E-state index contributed by atoms with van der Waals surface area (Å²) in [6.45, 7) is 2.84. The molecule has 3 unspecified atom stereocenters. The van der Waals surface area contributed by atoms with E-state index >= 15 is 0 Å². The van der Waals surface area contributed by atoms with Crippen LogP contribution in [-0.2, 0) is 9.53 Å². The summed E-state index contributed by atoms with van der Waals surface area (Å²) in [4.78, 5) is 13.8. The van der Waals surface area contributed by atoms with E-state index in [9.17, 15) is 4.79 Å². The Morgan fingerprint density at radius 1 is 1.71 bits per heavy atom. The van der Waals surface area contributed by atoms with Gasteiger partial charge in [-0.1, -0.05) is 0 Å². The van der Waals surface area contributed by atoms with Gasteiger partial charge in [-0.3, -0.25) is 9.69 Å². The first-order valence-corrected chi connectivity index (χ1v) is 6.16. The minimum atomic E-state index is -0.522. The van der Waals surface area contributed by atoms with Crippen LogP contribution in [0.25, 0.3) is 0 Å². The van der Waals surface area contributed by atoms with Crippen LogP contribution in [0, 0.1) is 0 Å². The van der Waals surface area contributed by atoms with Crippen molar-refractivity contribution in [1.29, 1.82) is 0 Å². The van der Waals surface area contributed by atoms with Crippen molar-refractivity contribution in [2.45, 2.75) is 43.8 Å². The summed E-state index contributed by atoms with van der Waals surface area (Å²) in [5.74, 6) is -0.240. The molecule has 0 aromatic heterocycles. The Morgan fingerprint density at radius 3 is 2.76 bits per heavy atom. The van der Waals surface area contributed by atoms with Crippen molar-refractivity contribution in [3.05, 3.63) is 0 Å². The van der Waals surface area contributed by atoms with E-state index in [-0.39, 0.29) is 5.91 Å². The quantitative estimate of drug-likeness (QED) is 0.686. The maximum absolute atomic E-state index is 11.5. The summed E-state index contributed by atoms with van der Waals surface area (Å²) in [7, 11) is 5.60. The third kappa shape index (κ3) is 2.97. The molecule has 0 bridgehead atoms. The maximum Gasteiger partial charge on any atom is 0.237 e. The fourth-order valence-corrected chi connectivity index (χ4v) is 2.66. The molecule has 1 fully saturated rings. The van der Waals surface area contributed by atoms with Crippen LogP contribution in [-0.4, -0.2) is 56.2 Å². The zero-order valence-electron chi connectivity index (χ0n) is 11.3. The smallest absolute Gasteiger partial charge is 0.237 e. The highest BCUT2D eigenvalue weighted by atomic mass is 16.5. The number of nitrogens with two attached hydrogens (primary N) is 1. The molecule has 0 saturated heterocycles. The van der Waals surface area contributed by atoms with Gasteiger partial charge >= 0.3 is 0 Å². The Morgan fingerprint density at radius 2 is 2.35 bits per heavy atom. The molecule has 0 aromatic carbocycles. The van der Waals surface area contributed by atoms with Crippen molar-refractivity contribution in [3.8, 4) is 0 Å². The van der Waals surface area contributed by atoms with Crippen molar-refractivity contribution >= 4 is 5.91 Å². The predicted molar refractivity (Wildman–Crippen MR) is 67.7 cm³/mol. The topological polar surface area (TPSA) is 67.6 Å². The Labute approximate surface area is 104 Å². The van der Waals surface area contributed by atoms with Crippen LogP contribution in [0.4, 0.5) is 0 Å². The summed E-state index contributed by atoms with van der Waals surface area (Å²) >= 11 is 0. The van der Waals surface area contributed by atoms with E-state index in [4.69, 9.17) is 10.5 Å². The first-order valence-electron chi connectivity index (χ1n) is 6.16. The SMILES string of the molecule is CNC1(C(N)=O)CCC(N(C)C(C)COC)C1. The zero-order chi connectivity index (χ0) is 13.1. The minimum absolute atomic E-state index is 0.240. The Hall–Kier alpha value is -0.650. The van der Waals surface area contributed by atoms with Gasteiger partial charge in [0.2, 0.25) is 5.91 Å². The minimum Gasteiger partial charge on any atom is -0.383 e. The Bertz CT molecular complexity index is 272. The van der Waals surface area contributed by atoms with Crippen molar-refractivity contribution in [1.82, 2.24) is 10.2 Å². The number of amides is 1. The standard InChI is InChI=1S/C12H25N3O2/c1-9(8-17-4)15(3)10-5-6-12(7-10,14-2)11(13)16/h9-10,14H,5-8H2,1-4H3,(H2,13,16). The molecule has 1 amide bonds. The number of rotatable bonds is 6. The normalized spacial score (nSPS) is 30.8. The maximum atomic E-state index is 11.5. The van der Waals surface area contributed by atoms with Crippen molar-refractivity contribution in [3.63, 3.8) is 0 Å². The molecule has 0 spiro atoms. The number of primary amides is 1. The van der Waals surface area contributed by atoms with E-state index in [0.29, 0.717) is 18.7 Å². The molecule has 0 aromatic rings. The molecule has 1 aliphatic carbocycles. The van der Waals surface area contributed by atoms with Gasteiger partial charge in [-0.15, -0.1) is 0 Å². The lowest BCUT2D eigenvalue weighted by Crippen LogP contribution is -2.53. The highest BCUT2D eigenvalue weighted by Gasteiger charge is 2.44. The number of ether oxygens (including phenoxy) is 1. The molecule has 3 N–H and O–H groups in total. The summed E-state index contributed by atoms with van der Waals surface area (Å²) in [5.41, 5.74) is 4.97. The van der Waals surface area contributed by atoms with Gasteiger partial charge in [0.05, 0.1) is 12.1 Å². The molecular weight excluding hydrogens is 218 g/mol. The highest BCUT2D eigenvalue weighted by Crippen LogP contribution is 2.33. The number of hydrogen-bond donors (Lipinski definition) is 2. The first kappa shape index (κ1) is 14.4. The molecular formula is C12H25N3O2. The van der Waals surface area contributed by atoms with E-state index in [2.05, 4.69) is 24.2 Å². The van der Waals surface area contributed by atoms with E-state index in [1.54, 1.807) is 7.11 Å². The molecule has 0 aliphatic heterocycles. The summed E-state index contributed by atoms with van der Waals surface area (Å²) < 4.78 is 5.16. The van der Waals surface area contributed by atoms with Gasteiger partial charge in [-0.25, -0.2) is 0 Å². The van der Waals surface area contributed by atoms with Crippen LogP contribution in [0.1, 0.15) is 26.2 Å². The monoisotopic (exact) mass is 243 g/mol. The van der Waals surface area contributed by atoms with Crippen LogP contribution in [0.15, 0.2) is 0 Å². The molecule has 17 heavy (non-hydrogen) atoms. The number of likely N-dealkylation sites (N-methyl/N-ethyl adjacent to an activating group) is 2. The predicted octanol–water partition coefficient (Wildman–Crippen LogP) is -0.0509. The van der Waals surface area contributed by atoms with Crippen molar-refractivity contribution in [2.24, 2.45) is 5.73 Å². The number of hydrogen-bond acceptors (Lipinski definition) is 4. The number of methoxy groups -OCH3 is 1. The van der Waals surface area contributed by atoms with Crippen molar-refractivity contribution in [2.75, 3.05) is 27.8 Å². The molecule has 0 radical (unpaired) electrons. The Kier molecular flexibility index (Phi) is 4.91. The third-order valence-corrected chi connectivity index (χ3v) is 4.12. The number of nitrogens with zero attached hydrogens (tertiary/aromatic N) is 1. The summed E-state index contributed by atoms with van der Waals surface area (Å²) in [5, 5.41) is 3.10. The van der Waals surface area contributed by atoms with Gasteiger partial charge in [0, 0.05) is 19.2 Å². The average molecular weight is 243 g/mol. The lowest BCUT2D eigenvalue weighted by Gasteiger charge is -2.32. The molecule has 1 aliphatic rings. The Balaban J connectivity index is 2.63. The molecule has 5 nitrogen and oxygen atoms in total. The van der Waals surface area contributed by atoms with Gasteiger partial charge in [-0.2, -0.15) is 0 Å². The van der Waals surface area contributed by atoms with Crippen LogP contribution >= 0.6 is 0 Å². The molecule has 3 atom stereocenters. The van der Waals surface area contributed by atoms with E-state index in [0.717, 1.165) is 19.3 Å². The van der Waals surface area contributed by atoms with Gasteiger partial charge < -0.3 is 15.8 Å². The second-order valence-corrected chi connectivity index (χ2v) is 5.06. The van der Waals surface area contributed by atoms with Crippen LogP contribution < -0.4 is 11.1 Å². The second-order valence-electron chi connectivity index (χ2n) is 5.06.